The molecule has 5 nitrogen and oxygen atoms in total. The van der Waals surface area contributed by atoms with E-state index in [2.05, 4.69) is 0 Å². The van der Waals surface area contributed by atoms with Crippen LogP contribution in [0.15, 0.2) is 30.3 Å². The molecule has 2 aromatic rings. The van der Waals surface area contributed by atoms with Gasteiger partial charge >= 0.3 is 0 Å². The van der Waals surface area contributed by atoms with Crippen LogP contribution in [0.1, 0.15) is 11.1 Å². The molecule has 0 aliphatic heterocycles. The molecule has 136 valence electrons. The maximum absolute atomic E-state index is 12.1. The number of benzene rings is 2. The van der Waals surface area contributed by atoms with E-state index in [9.17, 15) is 9.50 Å². The van der Waals surface area contributed by atoms with E-state index in [1.165, 1.54) is 0 Å². The Bertz CT molecular complexity index is 677. The number of methoxy groups -OCH3 is 3. The molecular formula is C19H23FO5. The minimum Gasteiger partial charge on any atom is -0.504 e. The summed E-state index contributed by atoms with van der Waals surface area (Å²) in [6.45, 7) is -0.666. The Kier molecular flexibility index (Phi) is 6.74. The van der Waals surface area contributed by atoms with E-state index in [4.69, 9.17) is 18.9 Å². The number of aryl methyl sites for hydroxylation is 2. The molecular weight excluding hydrogens is 326 g/mol. The third-order valence-corrected chi connectivity index (χ3v) is 3.78. The third kappa shape index (κ3) is 4.68. The summed E-state index contributed by atoms with van der Waals surface area (Å²) < 4.78 is 33.3. The monoisotopic (exact) mass is 349 g/mol. The summed E-state index contributed by atoms with van der Waals surface area (Å²) in [5.74, 6) is 2.06. The highest BCUT2D eigenvalue weighted by Crippen LogP contribution is 2.38. The van der Waals surface area contributed by atoms with Gasteiger partial charge < -0.3 is 24.1 Å². The highest BCUT2D eigenvalue weighted by molar-refractivity contribution is 5.54. The van der Waals surface area contributed by atoms with Gasteiger partial charge in [-0.1, -0.05) is 6.07 Å². The minimum absolute atomic E-state index is 0.0100. The van der Waals surface area contributed by atoms with E-state index in [0.717, 1.165) is 17.5 Å². The molecule has 6 heteroatoms. The van der Waals surface area contributed by atoms with Gasteiger partial charge in [0.15, 0.2) is 23.0 Å². The second-order valence-electron chi connectivity index (χ2n) is 5.37. The predicted octanol–water partition coefficient (Wildman–Crippen LogP) is 3.55. The van der Waals surface area contributed by atoms with Gasteiger partial charge in [0.25, 0.3) is 0 Å². The van der Waals surface area contributed by atoms with Crippen LogP contribution in [0.2, 0.25) is 0 Å². The van der Waals surface area contributed by atoms with Crippen LogP contribution < -0.4 is 18.9 Å². The van der Waals surface area contributed by atoms with Crippen molar-refractivity contribution < 1.29 is 28.4 Å². The first kappa shape index (κ1) is 18.7. The van der Waals surface area contributed by atoms with Gasteiger partial charge in [0.1, 0.15) is 13.3 Å². The predicted molar refractivity (Wildman–Crippen MR) is 93.1 cm³/mol. The molecule has 0 aromatic heterocycles. The van der Waals surface area contributed by atoms with Crippen molar-refractivity contribution in [3.05, 3.63) is 41.5 Å². The summed E-state index contributed by atoms with van der Waals surface area (Å²) in [6.07, 6.45) is 1.43. The van der Waals surface area contributed by atoms with E-state index >= 15 is 0 Å². The number of alkyl halides is 1. The molecule has 0 aliphatic rings. The van der Waals surface area contributed by atoms with Gasteiger partial charge in [-0.3, -0.25) is 0 Å². The molecule has 0 saturated carbocycles. The smallest absolute Gasteiger partial charge is 0.203 e. The van der Waals surface area contributed by atoms with Crippen LogP contribution in [-0.4, -0.2) is 39.7 Å². The van der Waals surface area contributed by atoms with Crippen molar-refractivity contribution in [3.8, 4) is 28.7 Å². The van der Waals surface area contributed by atoms with Crippen LogP contribution in [0.5, 0.6) is 28.7 Å². The van der Waals surface area contributed by atoms with Crippen LogP contribution in [-0.2, 0) is 12.8 Å². The maximum atomic E-state index is 12.1. The average Bonchev–Trinajstić information content (AvgIpc) is 2.64. The summed E-state index contributed by atoms with van der Waals surface area (Å²) in [5.41, 5.74) is 1.96. The molecule has 0 fully saturated rings. The number of aromatic hydroxyl groups is 1. The van der Waals surface area contributed by atoms with E-state index in [1.54, 1.807) is 33.5 Å². The Morgan fingerprint density at radius 3 is 2.00 bits per heavy atom. The molecule has 0 aliphatic carbocycles. The van der Waals surface area contributed by atoms with Crippen molar-refractivity contribution in [3.63, 3.8) is 0 Å². The second kappa shape index (κ2) is 9.01. The number of hydrogen-bond donors (Lipinski definition) is 1. The molecule has 0 radical (unpaired) electrons. The molecule has 0 bridgehead atoms. The molecule has 1 N–H and O–H groups in total. The molecule has 0 atom stereocenters. The largest absolute Gasteiger partial charge is 0.504 e. The highest BCUT2D eigenvalue weighted by Gasteiger charge is 2.13. The molecule has 2 rings (SSSR count). The first-order chi connectivity index (χ1) is 12.1. The van der Waals surface area contributed by atoms with Gasteiger partial charge in [0, 0.05) is 0 Å². The standard InChI is InChI=1S/C19H23FO5/c1-22-17-11-14(12-18(23-2)19(17)24-3)5-4-13-6-7-16(15(21)10-13)25-9-8-20/h6-7,10-12,21H,4-5,8-9H2,1-3H3/i20-1. The quantitative estimate of drug-likeness (QED) is 0.750. The lowest BCUT2D eigenvalue weighted by molar-refractivity contribution is 0.262. The Balaban J connectivity index is 2.12. The molecule has 0 saturated heterocycles. The Morgan fingerprint density at radius 2 is 1.48 bits per heavy atom. The summed E-state index contributed by atoms with van der Waals surface area (Å²) in [4.78, 5) is 0. The average molecular weight is 349 g/mol. The number of hydrogen-bond acceptors (Lipinski definition) is 5. The van der Waals surface area contributed by atoms with Crippen molar-refractivity contribution in [2.75, 3.05) is 34.6 Å². The molecule has 25 heavy (non-hydrogen) atoms. The Hall–Kier alpha value is -2.63. The zero-order chi connectivity index (χ0) is 18.2. The molecule has 0 amide bonds. The fourth-order valence-corrected chi connectivity index (χ4v) is 2.56. The van der Waals surface area contributed by atoms with Crippen molar-refractivity contribution in [1.29, 1.82) is 0 Å². The number of ether oxygens (including phenoxy) is 4. The Morgan fingerprint density at radius 1 is 0.840 bits per heavy atom. The SMILES string of the molecule is COc1cc(CCc2ccc(OCC[18F])c(O)c2)cc(OC)c1OC. The maximum Gasteiger partial charge on any atom is 0.203 e. The van der Waals surface area contributed by atoms with Crippen molar-refractivity contribution in [2.45, 2.75) is 12.8 Å². The second-order valence-corrected chi connectivity index (χ2v) is 5.37. The Labute approximate surface area is 146 Å². The number of rotatable bonds is 9. The fraction of sp³-hybridized carbons (Fsp3) is 0.368. The van der Waals surface area contributed by atoms with Crippen LogP contribution in [0, 0.1) is 0 Å². The first-order valence-electron chi connectivity index (χ1n) is 7.92. The normalized spacial score (nSPS) is 10.4. The van der Waals surface area contributed by atoms with Crippen LogP contribution in [0.4, 0.5) is 4.39 Å². The van der Waals surface area contributed by atoms with Gasteiger partial charge in [-0.2, -0.15) is 0 Å². The van der Waals surface area contributed by atoms with Crippen LogP contribution >= 0.6 is 0 Å². The topological polar surface area (TPSA) is 57.2 Å². The van der Waals surface area contributed by atoms with Crippen LogP contribution in [0.25, 0.3) is 0 Å². The van der Waals surface area contributed by atoms with Crippen molar-refractivity contribution >= 4 is 0 Å². The molecule has 0 unspecified atom stereocenters. The van der Waals surface area contributed by atoms with Crippen LogP contribution in [0.3, 0.4) is 0 Å². The van der Waals surface area contributed by atoms with Gasteiger partial charge in [-0.05, 0) is 48.2 Å². The lowest BCUT2D eigenvalue weighted by Gasteiger charge is -2.14. The summed E-state index contributed by atoms with van der Waals surface area (Å²) in [7, 11) is 4.72. The molecule has 0 heterocycles. The molecule has 2 aromatic carbocycles. The summed E-state index contributed by atoms with van der Waals surface area (Å²) in [6, 6.07) is 8.94. The van der Waals surface area contributed by atoms with Crippen molar-refractivity contribution in [2.24, 2.45) is 0 Å². The number of phenolic OH excluding ortho intramolecular Hbond substituents is 1. The van der Waals surface area contributed by atoms with E-state index < -0.39 is 6.67 Å². The lowest BCUT2D eigenvalue weighted by atomic mass is 10.0. The summed E-state index contributed by atoms with van der Waals surface area (Å²) >= 11 is 0. The zero-order valence-corrected chi connectivity index (χ0v) is 14.7. The van der Waals surface area contributed by atoms with Gasteiger partial charge in [-0.15, -0.1) is 0 Å². The van der Waals surface area contributed by atoms with E-state index in [0.29, 0.717) is 23.7 Å². The summed E-state index contributed by atoms with van der Waals surface area (Å²) in [5, 5.41) is 9.94. The number of phenols is 1. The van der Waals surface area contributed by atoms with E-state index in [1.807, 2.05) is 18.2 Å². The van der Waals surface area contributed by atoms with Gasteiger partial charge in [-0.25, -0.2) is 4.39 Å². The van der Waals surface area contributed by atoms with Crippen molar-refractivity contribution in [1.82, 2.24) is 0 Å². The molecule has 0 spiro atoms. The fourth-order valence-electron chi connectivity index (χ4n) is 2.56. The zero-order valence-electron chi connectivity index (χ0n) is 14.7. The third-order valence-electron chi connectivity index (χ3n) is 3.78. The lowest BCUT2D eigenvalue weighted by Crippen LogP contribution is -2.00. The van der Waals surface area contributed by atoms with Gasteiger partial charge in [0.2, 0.25) is 5.75 Å². The van der Waals surface area contributed by atoms with E-state index in [-0.39, 0.29) is 18.1 Å². The first-order valence-corrected chi connectivity index (χ1v) is 7.92. The minimum atomic E-state index is -0.595. The van der Waals surface area contributed by atoms with Gasteiger partial charge in [0.05, 0.1) is 21.3 Å². The number of halogens is 1. The highest BCUT2D eigenvalue weighted by atomic mass is 18.2.